The van der Waals surface area contributed by atoms with Crippen LogP contribution in [-0.2, 0) is 0 Å². The molecule has 0 nitrogen and oxygen atoms in total. The first kappa shape index (κ1) is 16.3. The van der Waals surface area contributed by atoms with Crippen molar-refractivity contribution in [3.05, 3.63) is 0 Å². The number of halogens is 10. The molecule has 0 aromatic carbocycles. The molecule has 0 spiro atoms. The van der Waals surface area contributed by atoms with Gasteiger partial charge in [0.05, 0.1) is 0 Å². The summed E-state index contributed by atoms with van der Waals surface area (Å²) in [5.41, 5.74) is 0. The van der Waals surface area contributed by atoms with Crippen LogP contribution in [0.5, 0.6) is 0 Å². The Kier molecular flexibility index (Phi) is 4.03. The SMILES string of the molecule is CCC(F)(F)C(F)(F)C(C(F)(F)F)C(F)(F)F. The molecule has 0 rings (SSSR count). The molecular weight excluding hydrogens is 274 g/mol. The highest BCUT2D eigenvalue weighted by atomic mass is 19.4. The Morgan fingerprint density at radius 3 is 1.18 bits per heavy atom. The maximum Gasteiger partial charge on any atom is 0.406 e. The molecule has 0 heterocycles. The van der Waals surface area contributed by atoms with Gasteiger partial charge >= 0.3 is 24.2 Å². The Labute approximate surface area is 88.6 Å². The lowest BCUT2D eigenvalue weighted by Crippen LogP contribution is -2.57. The molecule has 0 atom stereocenters. The van der Waals surface area contributed by atoms with E-state index in [1.165, 1.54) is 0 Å². The molecule has 10 heteroatoms. The molecule has 0 bridgehead atoms. The van der Waals surface area contributed by atoms with Crippen LogP contribution in [0.3, 0.4) is 0 Å². The van der Waals surface area contributed by atoms with Gasteiger partial charge in [0.25, 0.3) is 0 Å². The Morgan fingerprint density at radius 2 is 1.00 bits per heavy atom. The average molecular weight is 280 g/mol. The van der Waals surface area contributed by atoms with Crippen molar-refractivity contribution >= 4 is 0 Å². The highest BCUT2D eigenvalue weighted by Gasteiger charge is 2.76. The third kappa shape index (κ3) is 3.15. The van der Waals surface area contributed by atoms with Gasteiger partial charge in [0, 0.05) is 6.42 Å². The van der Waals surface area contributed by atoms with Gasteiger partial charge in [0.1, 0.15) is 0 Å². The van der Waals surface area contributed by atoms with Crippen molar-refractivity contribution in [3.8, 4) is 0 Å². The Morgan fingerprint density at radius 1 is 0.706 bits per heavy atom. The zero-order chi connectivity index (χ0) is 14.3. The first-order valence-corrected chi connectivity index (χ1v) is 4.07. The molecule has 0 saturated heterocycles. The monoisotopic (exact) mass is 280 g/mol. The molecule has 0 unspecified atom stereocenters. The Balaban J connectivity index is 5.65. The van der Waals surface area contributed by atoms with Gasteiger partial charge in [0.2, 0.25) is 5.92 Å². The lowest BCUT2D eigenvalue weighted by molar-refractivity contribution is -0.375. The summed E-state index contributed by atoms with van der Waals surface area (Å²) in [4.78, 5) is 0. The fourth-order valence-corrected chi connectivity index (χ4v) is 1.04. The van der Waals surface area contributed by atoms with Crippen LogP contribution in [0.2, 0.25) is 0 Å². The lowest BCUT2D eigenvalue weighted by atomic mass is 9.93. The highest BCUT2D eigenvalue weighted by Crippen LogP contribution is 2.54. The summed E-state index contributed by atoms with van der Waals surface area (Å²) in [5.74, 6) is -17.0. The second kappa shape index (κ2) is 4.20. The number of hydrogen-bond donors (Lipinski definition) is 0. The first-order chi connectivity index (χ1) is 7.18. The molecule has 0 aromatic heterocycles. The van der Waals surface area contributed by atoms with Crippen molar-refractivity contribution in [3.63, 3.8) is 0 Å². The van der Waals surface area contributed by atoms with E-state index in [2.05, 4.69) is 0 Å². The maximum atomic E-state index is 12.7. The highest BCUT2D eigenvalue weighted by molar-refractivity contribution is 4.96. The Bertz CT molecular complexity index is 245. The molecule has 0 fully saturated rings. The molecule has 17 heavy (non-hydrogen) atoms. The summed E-state index contributed by atoms with van der Waals surface area (Å²) in [5, 5.41) is 0. The standard InChI is InChI=1S/C7H6F10/c1-2-4(8,9)5(10,11)3(6(12,13)14)7(15,16)17/h3H,2H2,1H3. The third-order valence-electron chi connectivity index (χ3n) is 1.95. The summed E-state index contributed by atoms with van der Waals surface area (Å²) in [6, 6.07) is 0. The third-order valence-corrected chi connectivity index (χ3v) is 1.95. The fourth-order valence-electron chi connectivity index (χ4n) is 1.04. The number of alkyl halides is 10. The molecular formula is C7H6F10. The van der Waals surface area contributed by atoms with Gasteiger partial charge in [-0.25, -0.2) is 0 Å². The minimum atomic E-state index is -6.51. The zero-order valence-corrected chi connectivity index (χ0v) is 8.06. The van der Waals surface area contributed by atoms with Crippen LogP contribution in [0.1, 0.15) is 13.3 Å². The second-order valence-corrected chi connectivity index (χ2v) is 3.20. The lowest BCUT2D eigenvalue weighted by Gasteiger charge is -2.34. The topological polar surface area (TPSA) is 0 Å². The van der Waals surface area contributed by atoms with Crippen molar-refractivity contribution in [1.29, 1.82) is 0 Å². The van der Waals surface area contributed by atoms with E-state index in [1.807, 2.05) is 0 Å². The molecule has 0 aliphatic heterocycles. The summed E-state index contributed by atoms with van der Waals surface area (Å²) in [7, 11) is 0. The molecule has 0 saturated carbocycles. The molecule has 0 aliphatic rings. The van der Waals surface area contributed by atoms with Crippen molar-refractivity contribution in [1.82, 2.24) is 0 Å². The van der Waals surface area contributed by atoms with Gasteiger partial charge in [-0.05, 0) is 0 Å². The Hall–Kier alpha value is -0.700. The van der Waals surface area contributed by atoms with E-state index < -0.39 is 36.5 Å². The van der Waals surface area contributed by atoms with Gasteiger partial charge < -0.3 is 0 Å². The zero-order valence-electron chi connectivity index (χ0n) is 8.06. The van der Waals surface area contributed by atoms with Gasteiger partial charge in [-0.15, -0.1) is 0 Å². The van der Waals surface area contributed by atoms with Crippen LogP contribution in [0, 0.1) is 5.92 Å². The van der Waals surface area contributed by atoms with Crippen LogP contribution in [0.4, 0.5) is 43.9 Å². The van der Waals surface area contributed by atoms with E-state index in [0.717, 1.165) is 0 Å². The minimum Gasteiger partial charge on any atom is -0.200 e. The van der Waals surface area contributed by atoms with Crippen molar-refractivity contribution < 1.29 is 43.9 Å². The van der Waals surface area contributed by atoms with Crippen LogP contribution < -0.4 is 0 Å². The van der Waals surface area contributed by atoms with E-state index >= 15 is 0 Å². The summed E-state index contributed by atoms with van der Waals surface area (Å²) in [6.45, 7) is 0.359. The fraction of sp³-hybridized carbons (Fsp3) is 1.00. The number of hydrogen-bond acceptors (Lipinski definition) is 0. The van der Waals surface area contributed by atoms with E-state index in [9.17, 15) is 43.9 Å². The van der Waals surface area contributed by atoms with Gasteiger partial charge in [-0.2, -0.15) is 43.9 Å². The van der Waals surface area contributed by atoms with Gasteiger partial charge in [-0.3, -0.25) is 0 Å². The summed E-state index contributed by atoms with van der Waals surface area (Å²) in [6.07, 6.45) is -14.9. The van der Waals surface area contributed by atoms with Crippen LogP contribution in [-0.4, -0.2) is 24.2 Å². The predicted octanol–water partition coefficient (Wildman–Crippen LogP) is 4.41. The summed E-state index contributed by atoms with van der Waals surface area (Å²) < 4.78 is 121. The van der Waals surface area contributed by atoms with Crippen molar-refractivity contribution in [2.75, 3.05) is 0 Å². The van der Waals surface area contributed by atoms with Crippen LogP contribution in [0.25, 0.3) is 0 Å². The molecule has 0 aliphatic carbocycles. The van der Waals surface area contributed by atoms with Crippen molar-refractivity contribution in [2.24, 2.45) is 5.92 Å². The first-order valence-electron chi connectivity index (χ1n) is 4.07. The predicted molar refractivity (Wildman–Crippen MR) is 35.8 cm³/mol. The molecule has 104 valence electrons. The molecule has 0 aromatic rings. The quantitative estimate of drug-likeness (QED) is 0.672. The van der Waals surface area contributed by atoms with E-state index in [-0.39, 0.29) is 0 Å². The normalized spacial score (nSPS) is 15.5. The smallest absolute Gasteiger partial charge is 0.200 e. The minimum absolute atomic E-state index is 0.359. The number of rotatable bonds is 3. The van der Waals surface area contributed by atoms with Crippen LogP contribution >= 0.6 is 0 Å². The van der Waals surface area contributed by atoms with Crippen LogP contribution in [0.15, 0.2) is 0 Å². The molecule has 0 amide bonds. The van der Waals surface area contributed by atoms with Gasteiger partial charge in [0.15, 0.2) is 0 Å². The summed E-state index contributed by atoms with van der Waals surface area (Å²) >= 11 is 0. The van der Waals surface area contributed by atoms with Crippen molar-refractivity contribution in [2.45, 2.75) is 37.5 Å². The van der Waals surface area contributed by atoms with Gasteiger partial charge in [-0.1, -0.05) is 6.92 Å². The average Bonchev–Trinajstić information content (AvgIpc) is 1.96. The van der Waals surface area contributed by atoms with E-state index in [0.29, 0.717) is 6.92 Å². The largest absolute Gasteiger partial charge is 0.406 e. The molecule has 0 N–H and O–H groups in total. The van der Waals surface area contributed by atoms with E-state index in [4.69, 9.17) is 0 Å². The molecule has 0 radical (unpaired) electrons. The second-order valence-electron chi connectivity index (χ2n) is 3.20. The maximum absolute atomic E-state index is 12.7. The van der Waals surface area contributed by atoms with E-state index in [1.54, 1.807) is 0 Å².